The molecule has 1 saturated carbocycles. The Morgan fingerprint density at radius 3 is 2.36 bits per heavy atom. The van der Waals surface area contributed by atoms with E-state index in [9.17, 15) is 4.79 Å². The van der Waals surface area contributed by atoms with E-state index in [4.69, 9.17) is 5.10 Å². The average molecular weight is 345 g/mol. The number of aromatic nitrogens is 2. The monoisotopic (exact) mass is 344 g/mol. The summed E-state index contributed by atoms with van der Waals surface area (Å²) in [5.74, 6) is 0.766. The van der Waals surface area contributed by atoms with Gasteiger partial charge in [-0.1, -0.05) is 0 Å². The van der Waals surface area contributed by atoms with Gasteiger partial charge in [0.15, 0.2) is 0 Å². The Balaban J connectivity index is 1.63. The minimum Gasteiger partial charge on any atom is -0.333 e. The zero-order chi connectivity index (χ0) is 17.8. The number of hydrogen-bond acceptors (Lipinski definition) is 3. The van der Waals surface area contributed by atoms with Crippen molar-refractivity contribution in [2.45, 2.75) is 82.8 Å². The molecule has 2 saturated heterocycles. The lowest BCUT2D eigenvalue weighted by atomic mass is 10.0. The number of carbonyl (C=O) groups is 1. The molecule has 1 aromatic heterocycles. The van der Waals surface area contributed by atoms with Gasteiger partial charge in [-0.05, 0) is 79.0 Å². The first-order chi connectivity index (χ1) is 11.9. The van der Waals surface area contributed by atoms with Crippen LogP contribution in [-0.4, -0.2) is 57.7 Å². The van der Waals surface area contributed by atoms with Gasteiger partial charge in [0.25, 0.3) is 5.91 Å². The first-order valence-electron chi connectivity index (χ1n) is 9.98. The molecule has 0 radical (unpaired) electrons. The summed E-state index contributed by atoms with van der Waals surface area (Å²) in [5, 5.41) is 4.83. The highest BCUT2D eigenvalue weighted by Gasteiger charge is 2.40. The van der Waals surface area contributed by atoms with E-state index >= 15 is 0 Å². The SMILES string of the molecule is CN1CCC[C@H]1[C@H]1CCCN1C(=O)c1cc(C2CC2)nn1C(C)(C)C. The first kappa shape index (κ1) is 17.1. The normalized spacial score (nSPS) is 28.1. The Kier molecular flexibility index (Phi) is 4.18. The van der Waals surface area contributed by atoms with Gasteiger partial charge in [-0.2, -0.15) is 5.10 Å². The third-order valence-electron chi connectivity index (χ3n) is 6.16. The fourth-order valence-corrected chi connectivity index (χ4v) is 4.66. The fraction of sp³-hybridized carbons (Fsp3) is 0.800. The number of nitrogens with zero attached hydrogens (tertiary/aromatic N) is 4. The molecule has 3 aliphatic rings. The van der Waals surface area contributed by atoms with E-state index in [1.807, 2.05) is 4.68 Å². The number of likely N-dealkylation sites (tertiary alicyclic amines) is 2. The molecule has 2 aliphatic heterocycles. The smallest absolute Gasteiger partial charge is 0.272 e. The molecule has 0 bridgehead atoms. The second-order valence-electron chi connectivity index (χ2n) is 9.21. The topological polar surface area (TPSA) is 41.4 Å². The third kappa shape index (κ3) is 3.12. The van der Waals surface area contributed by atoms with Gasteiger partial charge >= 0.3 is 0 Å². The van der Waals surface area contributed by atoms with Gasteiger partial charge in [-0.15, -0.1) is 0 Å². The molecule has 1 aliphatic carbocycles. The highest BCUT2D eigenvalue weighted by Crippen LogP contribution is 2.40. The Hall–Kier alpha value is -1.36. The van der Waals surface area contributed by atoms with E-state index in [1.165, 1.54) is 25.7 Å². The zero-order valence-corrected chi connectivity index (χ0v) is 16.2. The van der Waals surface area contributed by atoms with Crippen LogP contribution in [0.15, 0.2) is 6.07 Å². The lowest BCUT2D eigenvalue weighted by Crippen LogP contribution is -2.48. The van der Waals surface area contributed by atoms with Gasteiger partial charge in [0.1, 0.15) is 5.69 Å². The minimum absolute atomic E-state index is 0.169. The van der Waals surface area contributed by atoms with E-state index in [0.29, 0.717) is 18.0 Å². The van der Waals surface area contributed by atoms with E-state index in [1.54, 1.807) is 0 Å². The first-order valence-corrected chi connectivity index (χ1v) is 9.98. The highest BCUT2D eigenvalue weighted by atomic mass is 16.2. The quantitative estimate of drug-likeness (QED) is 0.845. The van der Waals surface area contributed by atoms with Crippen LogP contribution in [0.25, 0.3) is 0 Å². The molecule has 2 atom stereocenters. The van der Waals surface area contributed by atoms with Crippen LogP contribution < -0.4 is 0 Å². The Labute approximate surface area is 151 Å². The largest absolute Gasteiger partial charge is 0.333 e. The van der Waals surface area contributed by atoms with Crippen LogP contribution in [0.4, 0.5) is 0 Å². The molecular formula is C20H32N4O. The zero-order valence-electron chi connectivity index (χ0n) is 16.2. The Morgan fingerprint density at radius 1 is 1.08 bits per heavy atom. The van der Waals surface area contributed by atoms with Crippen molar-refractivity contribution in [3.05, 3.63) is 17.5 Å². The van der Waals surface area contributed by atoms with Crippen molar-refractivity contribution in [2.24, 2.45) is 0 Å². The van der Waals surface area contributed by atoms with Gasteiger partial charge in [-0.3, -0.25) is 9.48 Å². The lowest BCUT2D eigenvalue weighted by molar-refractivity contribution is 0.0644. The van der Waals surface area contributed by atoms with Gasteiger partial charge in [0.05, 0.1) is 11.2 Å². The summed E-state index contributed by atoms with van der Waals surface area (Å²) in [5.41, 5.74) is 1.74. The fourth-order valence-electron chi connectivity index (χ4n) is 4.66. The van der Waals surface area contributed by atoms with Crippen LogP contribution >= 0.6 is 0 Å². The standard InChI is InChI=1S/C20H32N4O/c1-20(2,3)24-18(13-15(21-24)14-9-10-14)19(25)23-12-6-8-17(23)16-7-5-11-22(16)4/h13-14,16-17H,5-12H2,1-4H3/t16-,17+/m0/s1. The van der Waals surface area contributed by atoms with Crippen molar-refractivity contribution in [1.29, 1.82) is 0 Å². The number of rotatable bonds is 3. The van der Waals surface area contributed by atoms with Crippen LogP contribution in [0.5, 0.6) is 0 Å². The highest BCUT2D eigenvalue weighted by molar-refractivity contribution is 5.93. The molecule has 5 nitrogen and oxygen atoms in total. The van der Waals surface area contributed by atoms with Crippen molar-refractivity contribution in [3.63, 3.8) is 0 Å². The van der Waals surface area contributed by atoms with Crippen LogP contribution in [0.3, 0.4) is 0 Å². The lowest BCUT2D eigenvalue weighted by Gasteiger charge is -2.34. The molecule has 0 aromatic carbocycles. The molecule has 0 N–H and O–H groups in total. The van der Waals surface area contributed by atoms with Crippen molar-refractivity contribution < 1.29 is 4.79 Å². The van der Waals surface area contributed by atoms with Crippen LogP contribution in [0.2, 0.25) is 0 Å². The van der Waals surface area contributed by atoms with Gasteiger partial charge in [0, 0.05) is 24.5 Å². The molecular weight excluding hydrogens is 312 g/mol. The number of likely N-dealkylation sites (N-methyl/N-ethyl adjacent to an activating group) is 1. The summed E-state index contributed by atoms with van der Waals surface area (Å²) in [4.78, 5) is 18.1. The molecule has 1 amide bonds. The van der Waals surface area contributed by atoms with Gasteiger partial charge < -0.3 is 9.80 Å². The van der Waals surface area contributed by atoms with Crippen molar-refractivity contribution in [2.75, 3.05) is 20.1 Å². The second-order valence-corrected chi connectivity index (χ2v) is 9.21. The van der Waals surface area contributed by atoms with Crippen molar-refractivity contribution in [3.8, 4) is 0 Å². The summed E-state index contributed by atoms with van der Waals surface area (Å²) in [6.45, 7) is 8.47. The molecule has 25 heavy (non-hydrogen) atoms. The molecule has 0 unspecified atom stereocenters. The molecule has 0 spiro atoms. The number of hydrogen-bond donors (Lipinski definition) is 0. The summed E-state index contributed by atoms with van der Waals surface area (Å²) in [6, 6.07) is 2.98. The van der Waals surface area contributed by atoms with E-state index in [0.717, 1.165) is 37.3 Å². The summed E-state index contributed by atoms with van der Waals surface area (Å²) in [6.07, 6.45) is 7.17. The second kappa shape index (κ2) is 6.11. The van der Waals surface area contributed by atoms with Crippen LogP contribution in [0, 0.1) is 0 Å². The maximum atomic E-state index is 13.5. The average Bonchev–Trinajstić information content (AvgIpc) is 2.99. The molecule has 4 rings (SSSR count). The molecule has 138 valence electrons. The van der Waals surface area contributed by atoms with E-state index in [-0.39, 0.29) is 11.4 Å². The Morgan fingerprint density at radius 2 is 1.76 bits per heavy atom. The molecule has 1 aromatic rings. The van der Waals surface area contributed by atoms with Crippen LogP contribution in [0.1, 0.15) is 81.4 Å². The summed E-state index contributed by atoms with van der Waals surface area (Å²) >= 11 is 0. The Bertz CT molecular complexity index is 655. The summed E-state index contributed by atoms with van der Waals surface area (Å²) in [7, 11) is 2.21. The minimum atomic E-state index is -0.169. The van der Waals surface area contributed by atoms with Gasteiger partial charge in [0.2, 0.25) is 0 Å². The van der Waals surface area contributed by atoms with Crippen LogP contribution in [-0.2, 0) is 5.54 Å². The van der Waals surface area contributed by atoms with E-state index in [2.05, 4.69) is 43.7 Å². The predicted octanol–water partition coefficient (Wildman–Crippen LogP) is 3.21. The molecule has 5 heteroatoms. The number of carbonyl (C=O) groups excluding carboxylic acids is 1. The summed E-state index contributed by atoms with van der Waals surface area (Å²) < 4.78 is 1.98. The molecule has 3 fully saturated rings. The van der Waals surface area contributed by atoms with Crippen molar-refractivity contribution >= 4 is 5.91 Å². The maximum Gasteiger partial charge on any atom is 0.272 e. The predicted molar refractivity (Wildman–Crippen MR) is 98.9 cm³/mol. The van der Waals surface area contributed by atoms with Gasteiger partial charge in [-0.25, -0.2) is 0 Å². The van der Waals surface area contributed by atoms with Crippen molar-refractivity contribution in [1.82, 2.24) is 19.6 Å². The maximum absolute atomic E-state index is 13.5. The van der Waals surface area contributed by atoms with E-state index < -0.39 is 0 Å². The number of amides is 1. The third-order valence-corrected chi connectivity index (χ3v) is 6.16. The molecule has 3 heterocycles.